The number of nitrogens with zero attached hydrogens (tertiary/aromatic N) is 4. The Labute approximate surface area is 186 Å². The number of aromatic nitrogens is 4. The zero-order valence-electron chi connectivity index (χ0n) is 15.8. The van der Waals surface area contributed by atoms with Gasteiger partial charge in [0, 0.05) is 24.6 Å². The molecule has 2 heterocycles. The highest BCUT2D eigenvalue weighted by Gasteiger charge is 2.21. The number of hydrogen-bond donors (Lipinski definition) is 2. The molecule has 4 aromatic rings. The van der Waals surface area contributed by atoms with Gasteiger partial charge in [-0.1, -0.05) is 47.2 Å². The Bertz CT molecular complexity index is 1300. The van der Waals surface area contributed by atoms with E-state index in [1.807, 2.05) is 35.0 Å². The standard InChI is InChI=1S/C19H15ClN6O3S2/c20-16-4-2-1-3-15(16)17(27)23-18-24-25-19(30-18)31(28,29)22-11-13-5-7-14(8-6-13)26-10-9-21-12-26/h1-10,12,22H,11H2,(H,23,24,27). The van der Waals surface area contributed by atoms with Gasteiger partial charge in [0.15, 0.2) is 0 Å². The fraction of sp³-hybridized carbons (Fsp3) is 0.0526. The van der Waals surface area contributed by atoms with Crippen LogP contribution in [0.1, 0.15) is 15.9 Å². The van der Waals surface area contributed by atoms with Crippen LogP contribution < -0.4 is 10.0 Å². The average molecular weight is 475 g/mol. The Morgan fingerprint density at radius 3 is 2.58 bits per heavy atom. The summed E-state index contributed by atoms with van der Waals surface area (Å²) < 4.78 is 29.1. The van der Waals surface area contributed by atoms with E-state index in [0.717, 1.165) is 22.6 Å². The minimum absolute atomic E-state index is 0.0509. The Hall–Kier alpha value is -3.12. The van der Waals surface area contributed by atoms with E-state index in [9.17, 15) is 13.2 Å². The summed E-state index contributed by atoms with van der Waals surface area (Å²) in [5, 5.41) is 10.2. The third-order valence-electron chi connectivity index (χ3n) is 4.18. The van der Waals surface area contributed by atoms with Crippen molar-refractivity contribution in [2.75, 3.05) is 5.32 Å². The monoisotopic (exact) mass is 474 g/mol. The van der Waals surface area contributed by atoms with Crippen molar-refractivity contribution >= 4 is 44.0 Å². The summed E-state index contributed by atoms with van der Waals surface area (Å²) in [5.74, 6) is -0.503. The van der Waals surface area contributed by atoms with Gasteiger partial charge < -0.3 is 4.57 Å². The Balaban J connectivity index is 1.40. The van der Waals surface area contributed by atoms with Gasteiger partial charge in [-0.3, -0.25) is 10.1 Å². The molecule has 0 saturated carbocycles. The molecule has 0 spiro atoms. The van der Waals surface area contributed by atoms with Crippen molar-refractivity contribution in [2.45, 2.75) is 10.9 Å². The predicted octanol–water partition coefficient (Wildman–Crippen LogP) is 3.11. The van der Waals surface area contributed by atoms with Crippen LogP contribution in [0.3, 0.4) is 0 Å². The normalized spacial score (nSPS) is 11.4. The first-order valence-electron chi connectivity index (χ1n) is 8.89. The molecule has 4 rings (SSSR count). The minimum atomic E-state index is -3.90. The number of carbonyl (C=O) groups is 1. The number of rotatable bonds is 7. The average Bonchev–Trinajstić information content (AvgIpc) is 3.46. The summed E-state index contributed by atoms with van der Waals surface area (Å²) >= 11 is 6.74. The molecule has 0 radical (unpaired) electrons. The molecule has 0 bridgehead atoms. The van der Waals surface area contributed by atoms with E-state index < -0.39 is 15.9 Å². The Morgan fingerprint density at radius 1 is 1.10 bits per heavy atom. The quantitative estimate of drug-likeness (QED) is 0.397. The van der Waals surface area contributed by atoms with Crippen LogP contribution in [0.4, 0.5) is 5.13 Å². The molecule has 9 nitrogen and oxygen atoms in total. The number of anilines is 1. The maximum atomic E-state index is 12.5. The van der Waals surface area contributed by atoms with Gasteiger partial charge in [0.05, 0.1) is 16.9 Å². The van der Waals surface area contributed by atoms with Crippen LogP contribution in [-0.4, -0.2) is 34.1 Å². The van der Waals surface area contributed by atoms with Crippen molar-refractivity contribution in [3.05, 3.63) is 83.4 Å². The largest absolute Gasteiger partial charge is 0.306 e. The third kappa shape index (κ3) is 4.97. The van der Waals surface area contributed by atoms with Gasteiger partial charge in [-0.2, -0.15) is 0 Å². The summed E-state index contributed by atoms with van der Waals surface area (Å²) in [7, 11) is -3.90. The van der Waals surface area contributed by atoms with Crippen LogP contribution in [0.15, 0.2) is 71.6 Å². The third-order valence-corrected chi connectivity index (χ3v) is 7.12. The summed E-state index contributed by atoms with van der Waals surface area (Å²) in [6, 6.07) is 13.8. The SMILES string of the molecule is O=C(Nc1nnc(S(=O)(=O)NCc2ccc(-n3ccnc3)cc2)s1)c1ccccc1Cl. The van der Waals surface area contributed by atoms with E-state index in [0.29, 0.717) is 0 Å². The van der Waals surface area contributed by atoms with Gasteiger partial charge in [-0.15, -0.1) is 10.2 Å². The molecular weight excluding hydrogens is 460 g/mol. The number of carbonyl (C=O) groups excluding carboxylic acids is 1. The van der Waals surface area contributed by atoms with Crippen molar-refractivity contribution in [2.24, 2.45) is 0 Å². The van der Waals surface area contributed by atoms with E-state index in [1.165, 1.54) is 0 Å². The predicted molar refractivity (Wildman–Crippen MR) is 117 cm³/mol. The van der Waals surface area contributed by atoms with Crippen LogP contribution in [-0.2, 0) is 16.6 Å². The zero-order chi connectivity index (χ0) is 21.8. The smallest absolute Gasteiger partial charge is 0.270 e. The van der Waals surface area contributed by atoms with Crippen LogP contribution in [0, 0.1) is 0 Å². The lowest BCUT2D eigenvalue weighted by molar-refractivity contribution is 0.102. The lowest BCUT2D eigenvalue weighted by Crippen LogP contribution is -2.23. The van der Waals surface area contributed by atoms with Gasteiger partial charge in [0.2, 0.25) is 9.47 Å². The van der Waals surface area contributed by atoms with Gasteiger partial charge in [0.1, 0.15) is 0 Å². The van der Waals surface area contributed by atoms with Gasteiger partial charge in [-0.25, -0.2) is 18.1 Å². The molecule has 0 atom stereocenters. The molecule has 12 heteroatoms. The highest BCUT2D eigenvalue weighted by molar-refractivity contribution is 7.91. The number of sulfonamides is 1. The maximum Gasteiger partial charge on any atom is 0.270 e. The molecule has 1 amide bonds. The molecule has 31 heavy (non-hydrogen) atoms. The van der Waals surface area contributed by atoms with Crippen LogP contribution in [0.5, 0.6) is 0 Å². The van der Waals surface area contributed by atoms with Crippen molar-refractivity contribution in [3.8, 4) is 5.69 Å². The molecule has 2 aromatic heterocycles. The van der Waals surface area contributed by atoms with Crippen molar-refractivity contribution in [1.29, 1.82) is 0 Å². The maximum absolute atomic E-state index is 12.5. The molecular formula is C19H15ClN6O3S2. The molecule has 0 aliphatic carbocycles. The van der Waals surface area contributed by atoms with E-state index in [2.05, 4.69) is 25.2 Å². The fourth-order valence-corrected chi connectivity index (χ4v) is 4.79. The zero-order valence-corrected chi connectivity index (χ0v) is 18.2. The molecule has 0 aliphatic heterocycles. The molecule has 158 valence electrons. The molecule has 2 aromatic carbocycles. The van der Waals surface area contributed by atoms with E-state index in [1.54, 1.807) is 36.8 Å². The molecule has 2 N–H and O–H groups in total. The first-order valence-corrected chi connectivity index (χ1v) is 11.6. The lowest BCUT2D eigenvalue weighted by atomic mass is 10.2. The highest BCUT2D eigenvalue weighted by Crippen LogP contribution is 2.22. The first-order chi connectivity index (χ1) is 14.9. The second-order valence-corrected chi connectivity index (χ2v) is 9.59. The summed E-state index contributed by atoms with van der Waals surface area (Å²) in [4.78, 5) is 16.3. The Morgan fingerprint density at radius 2 is 1.87 bits per heavy atom. The Kier molecular flexibility index (Phi) is 6.09. The number of halogens is 1. The van der Waals surface area contributed by atoms with Gasteiger partial charge in [-0.05, 0) is 29.8 Å². The number of benzene rings is 2. The number of imidazole rings is 1. The van der Waals surface area contributed by atoms with Crippen molar-refractivity contribution < 1.29 is 13.2 Å². The van der Waals surface area contributed by atoms with E-state index >= 15 is 0 Å². The molecule has 0 fully saturated rings. The number of hydrogen-bond acceptors (Lipinski definition) is 7. The van der Waals surface area contributed by atoms with Crippen LogP contribution >= 0.6 is 22.9 Å². The summed E-state index contributed by atoms with van der Waals surface area (Å²) in [6.07, 6.45) is 5.17. The number of nitrogens with one attached hydrogen (secondary N) is 2. The minimum Gasteiger partial charge on any atom is -0.306 e. The van der Waals surface area contributed by atoms with Crippen LogP contribution in [0.2, 0.25) is 5.02 Å². The van der Waals surface area contributed by atoms with Crippen molar-refractivity contribution in [1.82, 2.24) is 24.5 Å². The second-order valence-electron chi connectivity index (χ2n) is 6.27. The highest BCUT2D eigenvalue weighted by atomic mass is 35.5. The first kappa shape index (κ1) is 21.1. The summed E-state index contributed by atoms with van der Waals surface area (Å²) in [6.45, 7) is 0.0768. The van der Waals surface area contributed by atoms with E-state index in [4.69, 9.17) is 11.6 Å². The van der Waals surface area contributed by atoms with Gasteiger partial charge >= 0.3 is 0 Å². The number of amides is 1. The van der Waals surface area contributed by atoms with Gasteiger partial charge in [0.25, 0.3) is 15.9 Å². The lowest BCUT2D eigenvalue weighted by Gasteiger charge is -2.06. The van der Waals surface area contributed by atoms with Crippen LogP contribution in [0.25, 0.3) is 5.69 Å². The topological polar surface area (TPSA) is 119 Å². The molecule has 0 unspecified atom stereocenters. The summed E-state index contributed by atoms with van der Waals surface area (Å²) in [5.41, 5.74) is 1.93. The molecule has 0 saturated heterocycles. The van der Waals surface area contributed by atoms with Crippen molar-refractivity contribution in [3.63, 3.8) is 0 Å². The molecule has 0 aliphatic rings. The fourth-order valence-electron chi connectivity index (χ4n) is 2.62. The van der Waals surface area contributed by atoms with E-state index in [-0.39, 0.29) is 26.6 Å². The second kappa shape index (κ2) is 8.94.